The van der Waals surface area contributed by atoms with Crippen molar-refractivity contribution in [2.45, 2.75) is 13.8 Å². The maximum absolute atomic E-state index is 12.5. The Hall–Kier alpha value is -3.47. The van der Waals surface area contributed by atoms with Gasteiger partial charge in [0.1, 0.15) is 11.5 Å². The lowest BCUT2D eigenvalue weighted by Gasteiger charge is -2.07. The molecular formula is C21H18O5. The first-order valence-corrected chi connectivity index (χ1v) is 7.78. The minimum Gasteiger partial charge on any atom is -0.423 e. The Morgan fingerprint density at radius 2 is 0.962 bits per heavy atom. The predicted molar refractivity (Wildman–Crippen MR) is 97.2 cm³/mol. The van der Waals surface area contributed by atoms with Crippen LogP contribution in [0.2, 0.25) is 0 Å². The summed E-state index contributed by atoms with van der Waals surface area (Å²) < 4.78 is 10.2. The Bertz CT molecular complexity index is 800. The number of ketones is 1. The molecule has 0 saturated heterocycles. The van der Waals surface area contributed by atoms with Crippen molar-refractivity contribution in [3.05, 3.63) is 84.0 Å². The third-order valence-corrected chi connectivity index (χ3v) is 3.35. The summed E-state index contributed by atoms with van der Waals surface area (Å²) >= 11 is 0. The van der Waals surface area contributed by atoms with E-state index >= 15 is 0 Å². The number of esters is 2. The van der Waals surface area contributed by atoms with Crippen LogP contribution in [0.15, 0.2) is 72.8 Å². The van der Waals surface area contributed by atoms with E-state index < -0.39 is 11.9 Å². The molecule has 0 aliphatic rings. The van der Waals surface area contributed by atoms with Crippen LogP contribution in [-0.2, 0) is 9.59 Å². The van der Waals surface area contributed by atoms with Gasteiger partial charge >= 0.3 is 11.9 Å². The van der Waals surface area contributed by atoms with Gasteiger partial charge in [0.15, 0.2) is 5.78 Å². The number of hydrogen-bond donors (Lipinski definition) is 0. The average Bonchev–Trinajstić information content (AvgIpc) is 2.62. The Balaban J connectivity index is 2.09. The number of carbonyl (C=O) groups is 3. The Labute approximate surface area is 151 Å². The standard InChI is InChI=1S/C21H18O5/c1-13(2)20(23)25-17-9-5-15(6-10-17)19(22)16-7-11-18(12-8-16)26-21(24)14(3)4/h5-12H,1,3H2,2,4H3. The highest BCUT2D eigenvalue weighted by Gasteiger charge is 2.12. The fourth-order valence-electron chi connectivity index (χ4n) is 1.90. The molecule has 2 aromatic carbocycles. The summed E-state index contributed by atoms with van der Waals surface area (Å²) in [7, 11) is 0. The van der Waals surface area contributed by atoms with Crippen LogP contribution in [0.1, 0.15) is 29.8 Å². The molecule has 0 aliphatic carbocycles. The molecule has 26 heavy (non-hydrogen) atoms. The van der Waals surface area contributed by atoms with Gasteiger partial charge in [-0.1, -0.05) is 13.2 Å². The number of hydrogen-bond acceptors (Lipinski definition) is 5. The summed E-state index contributed by atoms with van der Waals surface area (Å²) in [5, 5.41) is 0. The van der Waals surface area contributed by atoms with E-state index in [2.05, 4.69) is 13.2 Å². The molecule has 0 aromatic heterocycles. The first-order chi connectivity index (χ1) is 12.3. The van der Waals surface area contributed by atoms with E-state index in [1.54, 1.807) is 38.1 Å². The minimum atomic E-state index is -0.524. The van der Waals surface area contributed by atoms with E-state index in [0.29, 0.717) is 22.6 Å². The zero-order chi connectivity index (χ0) is 19.3. The van der Waals surface area contributed by atoms with Gasteiger partial charge in [-0.15, -0.1) is 0 Å². The maximum Gasteiger partial charge on any atom is 0.338 e. The quantitative estimate of drug-likeness (QED) is 0.342. The van der Waals surface area contributed by atoms with Crippen LogP contribution in [0.25, 0.3) is 0 Å². The highest BCUT2D eigenvalue weighted by atomic mass is 16.5. The third-order valence-electron chi connectivity index (χ3n) is 3.35. The molecule has 132 valence electrons. The van der Waals surface area contributed by atoms with Crippen molar-refractivity contribution in [3.8, 4) is 11.5 Å². The number of ether oxygens (including phenoxy) is 2. The predicted octanol–water partition coefficient (Wildman–Crippen LogP) is 3.88. The molecule has 5 heteroatoms. The lowest BCUT2D eigenvalue weighted by molar-refractivity contribution is -0.130. The number of benzene rings is 2. The van der Waals surface area contributed by atoms with Gasteiger partial charge in [-0.2, -0.15) is 0 Å². The van der Waals surface area contributed by atoms with Crippen molar-refractivity contribution in [1.29, 1.82) is 0 Å². The smallest absolute Gasteiger partial charge is 0.338 e. The van der Waals surface area contributed by atoms with Gasteiger partial charge in [-0.05, 0) is 62.4 Å². The third kappa shape index (κ3) is 4.77. The van der Waals surface area contributed by atoms with Gasteiger partial charge in [0, 0.05) is 22.3 Å². The van der Waals surface area contributed by atoms with Crippen LogP contribution in [-0.4, -0.2) is 17.7 Å². The van der Waals surface area contributed by atoms with Crippen molar-refractivity contribution >= 4 is 17.7 Å². The van der Waals surface area contributed by atoms with Crippen LogP contribution in [0.5, 0.6) is 11.5 Å². The van der Waals surface area contributed by atoms with Crippen molar-refractivity contribution in [1.82, 2.24) is 0 Å². The van der Waals surface area contributed by atoms with Crippen molar-refractivity contribution in [2.75, 3.05) is 0 Å². The lowest BCUT2D eigenvalue weighted by Crippen LogP contribution is -2.09. The summed E-state index contributed by atoms with van der Waals surface area (Å²) in [6.07, 6.45) is 0. The zero-order valence-corrected chi connectivity index (χ0v) is 14.6. The van der Waals surface area contributed by atoms with Crippen LogP contribution < -0.4 is 9.47 Å². The molecule has 0 unspecified atom stereocenters. The first-order valence-electron chi connectivity index (χ1n) is 7.78. The van der Waals surface area contributed by atoms with Crippen LogP contribution in [0.3, 0.4) is 0 Å². The van der Waals surface area contributed by atoms with Crippen LogP contribution in [0.4, 0.5) is 0 Å². The normalized spacial score (nSPS) is 9.92. The van der Waals surface area contributed by atoms with Gasteiger partial charge in [0.05, 0.1) is 0 Å². The highest BCUT2D eigenvalue weighted by molar-refractivity contribution is 6.09. The highest BCUT2D eigenvalue weighted by Crippen LogP contribution is 2.19. The molecular weight excluding hydrogens is 332 g/mol. The van der Waals surface area contributed by atoms with Gasteiger partial charge in [0.2, 0.25) is 0 Å². The molecule has 0 N–H and O–H groups in total. The van der Waals surface area contributed by atoms with E-state index in [4.69, 9.17) is 9.47 Å². The second-order valence-electron chi connectivity index (χ2n) is 5.72. The molecule has 0 bridgehead atoms. The summed E-state index contributed by atoms with van der Waals surface area (Å²) in [5.41, 5.74) is 1.45. The van der Waals surface area contributed by atoms with Crippen LogP contribution in [0, 0.1) is 0 Å². The number of carbonyl (C=O) groups excluding carboxylic acids is 3. The minimum absolute atomic E-state index is 0.208. The van der Waals surface area contributed by atoms with Crippen molar-refractivity contribution in [3.63, 3.8) is 0 Å². The Morgan fingerprint density at radius 3 is 1.23 bits per heavy atom. The molecule has 5 nitrogen and oxygen atoms in total. The summed E-state index contributed by atoms with van der Waals surface area (Å²) in [6.45, 7) is 10.1. The molecule has 0 amide bonds. The summed E-state index contributed by atoms with van der Waals surface area (Å²) in [4.78, 5) is 35.4. The van der Waals surface area contributed by atoms with E-state index in [1.165, 1.54) is 24.3 Å². The van der Waals surface area contributed by atoms with Gasteiger partial charge in [0.25, 0.3) is 0 Å². The summed E-state index contributed by atoms with van der Waals surface area (Å²) in [5.74, 6) is -0.596. The zero-order valence-electron chi connectivity index (χ0n) is 14.6. The largest absolute Gasteiger partial charge is 0.423 e. The lowest BCUT2D eigenvalue weighted by atomic mass is 10.0. The fraction of sp³-hybridized carbons (Fsp3) is 0.0952. The molecule has 0 fully saturated rings. The molecule has 0 spiro atoms. The van der Waals surface area contributed by atoms with E-state index in [-0.39, 0.29) is 16.9 Å². The maximum atomic E-state index is 12.5. The Kier molecular flexibility index (Phi) is 5.86. The average molecular weight is 350 g/mol. The molecule has 2 rings (SSSR count). The molecule has 0 saturated carbocycles. The van der Waals surface area contributed by atoms with Crippen molar-refractivity contribution < 1.29 is 23.9 Å². The second-order valence-corrected chi connectivity index (χ2v) is 5.72. The fourth-order valence-corrected chi connectivity index (χ4v) is 1.90. The van der Waals surface area contributed by atoms with E-state index in [1.807, 2.05) is 0 Å². The Morgan fingerprint density at radius 1 is 0.654 bits per heavy atom. The molecule has 0 radical (unpaired) electrons. The monoisotopic (exact) mass is 350 g/mol. The van der Waals surface area contributed by atoms with Gasteiger partial charge in [-0.25, -0.2) is 9.59 Å². The first kappa shape index (κ1) is 18.9. The molecule has 0 aliphatic heterocycles. The SMILES string of the molecule is C=C(C)C(=O)Oc1ccc(C(=O)c2ccc(OC(=O)C(=C)C)cc2)cc1. The number of rotatable bonds is 6. The molecule has 0 atom stereocenters. The van der Waals surface area contributed by atoms with Crippen LogP contribution >= 0.6 is 0 Å². The molecule has 2 aromatic rings. The second kappa shape index (κ2) is 8.07. The van der Waals surface area contributed by atoms with Gasteiger partial charge < -0.3 is 9.47 Å². The van der Waals surface area contributed by atoms with E-state index in [9.17, 15) is 14.4 Å². The van der Waals surface area contributed by atoms with E-state index in [0.717, 1.165) is 0 Å². The topological polar surface area (TPSA) is 69.7 Å². The van der Waals surface area contributed by atoms with Gasteiger partial charge in [-0.3, -0.25) is 4.79 Å². The van der Waals surface area contributed by atoms with Crippen molar-refractivity contribution in [2.24, 2.45) is 0 Å². The summed E-state index contributed by atoms with van der Waals surface area (Å²) in [6, 6.07) is 12.4. The molecule has 0 heterocycles.